The molecule has 0 radical (unpaired) electrons. The van der Waals surface area contributed by atoms with Crippen molar-refractivity contribution in [2.24, 2.45) is 0 Å². The van der Waals surface area contributed by atoms with Crippen LogP contribution in [-0.2, 0) is 17.7 Å². The second-order valence-corrected chi connectivity index (χ2v) is 3.88. The van der Waals surface area contributed by atoms with Gasteiger partial charge in [-0.1, -0.05) is 13.3 Å². The van der Waals surface area contributed by atoms with Gasteiger partial charge in [0.15, 0.2) is 5.65 Å². The van der Waals surface area contributed by atoms with E-state index in [1.165, 1.54) is 0 Å². The summed E-state index contributed by atoms with van der Waals surface area (Å²) in [7, 11) is 0. The van der Waals surface area contributed by atoms with Crippen LogP contribution in [0.3, 0.4) is 0 Å². The number of ether oxygens (including phenoxy) is 1. The highest BCUT2D eigenvalue weighted by Gasteiger charge is 2.06. The van der Waals surface area contributed by atoms with Crippen LogP contribution in [0.2, 0.25) is 0 Å². The molecule has 0 unspecified atom stereocenters. The summed E-state index contributed by atoms with van der Waals surface area (Å²) in [4.78, 5) is 8.95. The van der Waals surface area contributed by atoms with E-state index in [2.05, 4.69) is 22.0 Å². The Morgan fingerprint density at radius 2 is 2.18 bits per heavy atom. The van der Waals surface area contributed by atoms with Crippen molar-refractivity contribution < 1.29 is 4.74 Å². The lowest BCUT2D eigenvalue weighted by atomic mass is 10.3. The van der Waals surface area contributed by atoms with Crippen molar-refractivity contribution in [3.05, 3.63) is 18.1 Å². The fourth-order valence-electron chi connectivity index (χ4n) is 1.72. The van der Waals surface area contributed by atoms with Crippen molar-refractivity contribution in [1.82, 2.24) is 19.7 Å². The number of rotatable bonds is 6. The minimum absolute atomic E-state index is 0.660. The third-order valence-corrected chi connectivity index (χ3v) is 2.55. The molecule has 2 aromatic rings. The van der Waals surface area contributed by atoms with E-state index in [9.17, 15) is 0 Å². The van der Waals surface area contributed by atoms with Gasteiger partial charge in [-0.25, -0.2) is 14.6 Å². The average molecular weight is 234 g/mol. The number of hydrogen-bond acceptors (Lipinski definition) is 4. The quantitative estimate of drug-likeness (QED) is 0.715. The fourth-order valence-corrected chi connectivity index (χ4v) is 1.72. The molecule has 5 heteroatoms. The minimum Gasteiger partial charge on any atom is -0.380 e. The van der Waals surface area contributed by atoms with Crippen LogP contribution in [0.15, 0.2) is 12.4 Å². The Morgan fingerprint density at radius 3 is 2.94 bits per heavy atom. The van der Waals surface area contributed by atoms with E-state index in [0.29, 0.717) is 6.61 Å². The molecule has 0 aromatic carbocycles. The van der Waals surface area contributed by atoms with Crippen molar-refractivity contribution in [2.45, 2.75) is 33.2 Å². The highest BCUT2D eigenvalue weighted by Crippen LogP contribution is 2.09. The Hall–Kier alpha value is -1.49. The predicted octanol–water partition coefficient (Wildman–Crippen LogP) is 1.82. The molecule has 2 rings (SSSR count). The molecule has 17 heavy (non-hydrogen) atoms. The van der Waals surface area contributed by atoms with Gasteiger partial charge in [0.05, 0.1) is 25.0 Å². The summed E-state index contributed by atoms with van der Waals surface area (Å²) < 4.78 is 7.18. The van der Waals surface area contributed by atoms with Crippen LogP contribution in [0.1, 0.15) is 26.0 Å². The van der Waals surface area contributed by atoms with Crippen LogP contribution in [0.5, 0.6) is 0 Å². The van der Waals surface area contributed by atoms with Crippen LogP contribution in [-0.4, -0.2) is 33.0 Å². The summed E-state index contributed by atoms with van der Waals surface area (Å²) in [6.07, 6.45) is 5.62. The van der Waals surface area contributed by atoms with Gasteiger partial charge >= 0.3 is 0 Å². The zero-order valence-corrected chi connectivity index (χ0v) is 10.4. The van der Waals surface area contributed by atoms with Crippen molar-refractivity contribution >= 4 is 11.2 Å². The fraction of sp³-hybridized carbons (Fsp3) is 0.583. The van der Waals surface area contributed by atoms with E-state index in [1.54, 1.807) is 6.20 Å². The molecule has 0 saturated heterocycles. The topological polar surface area (TPSA) is 52.8 Å². The first-order chi connectivity index (χ1) is 8.35. The summed E-state index contributed by atoms with van der Waals surface area (Å²) >= 11 is 0. The van der Waals surface area contributed by atoms with Gasteiger partial charge < -0.3 is 4.74 Å². The SMILES string of the molecule is CCCc1cnc2cnn(CCOCC)c2n1. The van der Waals surface area contributed by atoms with E-state index in [-0.39, 0.29) is 0 Å². The molecule has 0 spiro atoms. The lowest BCUT2D eigenvalue weighted by molar-refractivity contribution is 0.137. The third kappa shape index (κ3) is 2.79. The van der Waals surface area contributed by atoms with E-state index in [0.717, 1.165) is 42.9 Å². The Kier molecular flexibility index (Phi) is 4.03. The van der Waals surface area contributed by atoms with Gasteiger partial charge in [0.1, 0.15) is 5.52 Å². The summed E-state index contributed by atoms with van der Waals surface area (Å²) in [5.41, 5.74) is 2.73. The second kappa shape index (κ2) is 5.72. The van der Waals surface area contributed by atoms with Gasteiger partial charge in [0.2, 0.25) is 0 Å². The number of nitrogens with zero attached hydrogens (tertiary/aromatic N) is 4. The van der Waals surface area contributed by atoms with E-state index < -0.39 is 0 Å². The van der Waals surface area contributed by atoms with Crippen LogP contribution < -0.4 is 0 Å². The molecule has 2 aromatic heterocycles. The Morgan fingerprint density at radius 1 is 1.29 bits per heavy atom. The number of fused-ring (bicyclic) bond motifs is 1. The average Bonchev–Trinajstić information content (AvgIpc) is 2.73. The maximum atomic E-state index is 5.32. The van der Waals surface area contributed by atoms with Gasteiger partial charge in [-0.2, -0.15) is 5.10 Å². The highest BCUT2D eigenvalue weighted by atomic mass is 16.5. The van der Waals surface area contributed by atoms with Gasteiger partial charge in [-0.05, 0) is 13.3 Å². The van der Waals surface area contributed by atoms with Crippen molar-refractivity contribution in [2.75, 3.05) is 13.2 Å². The second-order valence-electron chi connectivity index (χ2n) is 3.88. The standard InChI is InChI=1S/C12H18N4O/c1-3-5-10-8-13-11-9-14-16(12(11)15-10)6-7-17-4-2/h8-9H,3-7H2,1-2H3. The first-order valence-corrected chi connectivity index (χ1v) is 6.10. The molecule has 0 aliphatic heterocycles. The van der Waals surface area contributed by atoms with Gasteiger partial charge in [0.25, 0.3) is 0 Å². The number of aryl methyl sites for hydroxylation is 1. The number of hydrogen-bond donors (Lipinski definition) is 0. The van der Waals surface area contributed by atoms with Crippen LogP contribution in [0, 0.1) is 0 Å². The molecular formula is C12H18N4O. The molecule has 0 N–H and O–H groups in total. The van der Waals surface area contributed by atoms with Crippen LogP contribution in [0.4, 0.5) is 0 Å². The summed E-state index contributed by atoms with van der Waals surface area (Å²) in [6, 6.07) is 0. The summed E-state index contributed by atoms with van der Waals surface area (Å²) in [5.74, 6) is 0. The lowest BCUT2D eigenvalue weighted by Gasteiger charge is -2.03. The Labute approximate surface area is 101 Å². The molecule has 0 saturated carbocycles. The van der Waals surface area contributed by atoms with Gasteiger partial charge in [0, 0.05) is 12.8 Å². The molecule has 0 atom stereocenters. The first-order valence-electron chi connectivity index (χ1n) is 6.10. The van der Waals surface area contributed by atoms with Crippen LogP contribution in [0.25, 0.3) is 11.2 Å². The normalized spacial score (nSPS) is 11.2. The maximum absolute atomic E-state index is 5.32. The van der Waals surface area contributed by atoms with E-state index in [1.807, 2.05) is 17.8 Å². The highest BCUT2D eigenvalue weighted by molar-refractivity contribution is 5.69. The molecule has 0 amide bonds. The molecule has 5 nitrogen and oxygen atoms in total. The molecule has 0 fully saturated rings. The smallest absolute Gasteiger partial charge is 0.177 e. The van der Waals surface area contributed by atoms with Crippen molar-refractivity contribution in [1.29, 1.82) is 0 Å². The van der Waals surface area contributed by atoms with Crippen molar-refractivity contribution in [3.63, 3.8) is 0 Å². The first kappa shape index (κ1) is 12.0. The lowest BCUT2D eigenvalue weighted by Crippen LogP contribution is -2.08. The van der Waals surface area contributed by atoms with Gasteiger partial charge in [-0.3, -0.25) is 0 Å². The molecule has 0 aliphatic rings. The van der Waals surface area contributed by atoms with Crippen LogP contribution >= 0.6 is 0 Å². The van der Waals surface area contributed by atoms with Gasteiger partial charge in [-0.15, -0.1) is 0 Å². The van der Waals surface area contributed by atoms with E-state index >= 15 is 0 Å². The summed E-state index contributed by atoms with van der Waals surface area (Å²) in [6.45, 7) is 6.24. The predicted molar refractivity (Wildman–Crippen MR) is 65.8 cm³/mol. The largest absolute Gasteiger partial charge is 0.380 e. The molecular weight excluding hydrogens is 216 g/mol. The van der Waals surface area contributed by atoms with Crippen molar-refractivity contribution in [3.8, 4) is 0 Å². The minimum atomic E-state index is 0.660. The molecule has 2 heterocycles. The zero-order valence-electron chi connectivity index (χ0n) is 10.4. The Bertz CT molecular complexity index is 480. The Balaban J connectivity index is 2.20. The maximum Gasteiger partial charge on any atom is 0.177 e. The molecule has 92 valence electrons. The molecule has 0 bridgehead atoms. The number of aromatic nitrogens is 4. The molecule has 0 aliphatic carbocycles. The zero-order chi connectivity index (χ0) is 12.1. The summed E-state index contributed by atoms with van der Waals surface area (Å²) in [5, 5.41) is 4.28. The van der Waals surface area contributed by atoms with E-state index in [4.69, 9.17) is 4.74 Å². The third-order valence-electron chi connectivity index (χ3n) is 2.55. The monoisotopic (exact) mass is 234 g/mol.